The number of carbonyl (C=O) groups is 1. The maximum absolute atomic E-state index is 12.4. The number of aromatic nitrogens is 1. The molecule has 1 amide bonds. The maximum atomic E-state index is 12.4. The van der Waals surface area contributed by atoms with Crippen molar-refractivity contribution in [3.63, 3.8) is 0 Å². The van der Waals surface area contributed by atoms with Gasteiger partial charge in [-0.05, 0) is 32.9 Å². The van der Waals surface area contributed by atoms with Crippen molar-refractivity contribution in [3.05, 3.63) is 46.8 Å². The molecule has 0 fully saturated rings. The van der Waals surface area contributed by atoms with Gasteiger partial charge < -0.3 is 9.42 Å². The Morgan fingerprint density at radius 1 is 1.33 bits per heavy atom. The fourth-order valence-corrected chi connectivity index (χ4v) is 3.17. The van der Waals surface area contributed by atoms with Crippen LogP contribution in [0.15, 0.2) is 33.7 Å². The summed E-state index contributed by atoms with van der Waals surface area (Å²) in [5, 5.41) is 3.96. The lowest BCUT2D eigenvalue weighted by Gasteiger charge is -2.16. The molecule has 1 aromatic heterocycles. The summed E-state index contributed by atoms with van der Waals surface area (Å²) >= 11 is 1.64. The molecule has 1 heterocycles. The van der Waals surface area contributed by atoms with Crippen LogP contribution in [0.25, 0.3) is 0 Å². The highest BCUT2D eigenvalue weighted by Gasteiger charge is 2.16. The first-order chi connectivity index (χ1) is 10.0. The average Bonchev–Trinajstić information content (AvgIpc) is 2.82. The molecule has 21 heavy (non-hydrogen) atoms. The quantitative estimate of drug-likeness (QED) is 0.791. The van der Waals surface area contributed by atoms with E-state index in [0.29, 0.717) is 6.54 Å². The third-order valence-corrected chi connectivity index (χ3v) is 4.59. The summed E-state index contributed by atoms with van der Waals surface area (Å²) in [6.07, 6.45) is 0. The van der Waals surface area contributed by atoms with Gasteiger partial charge in [-0.3, -0.25) is 4.79 Å². The molecule has 0 saturated heterocycles. The minimum atomic E-state index is 0.0550. The second-order valence-corrected chi connectivity index (χ2v) is 5.92. The Balaban J connectivity index is 2.19. The van der Waals surface area contributed by atoms with Crippen LogP contribution in [0.1, 0.15) is 34.3 Å². The Hall–Kier alpha value is -1.75. The van der Waals surface area contributed by atoms with Crippen molar-refractivity contribution in [3.8, 4) is 0 Å². The fraction of sp³-hybridized carbons (Fsp3) is 0.375. The standard InChI is InChI=1S/C16H20N2O2S/c1-5-18(4)16(19)13-8-6-7-9-15(13)21-10-14-11(2)17-20-12(14)3/h6-9H,5,10H2,1-4H3. The molecule has 1 aromatic carbocycles. The smallest absolute Gasteiger partial charge is 0.254 e. The van der Waals surface area contributed by atoms with Gasteiger partial charge in [-0.25, -0.2) is 0 Å². The van der Waals surface area contributed by atoms with Gasteiger partial charge in [0.25, 0.3) is 5.91 Å². The molecule has 5 heteroatoms. The van der Waals surface area contributed by atoms with E-state index in [2.05, 4.69) is 5.16 Å². The minimum Gasteiger partial charge on any atom is -0.361 e. The van der Waals surface area contributed by atoms with Gasteiger partial charge in [0.2, 0.25) is 0 Å². The largest absolute Gasteiger partial charge is 0.361 e. The second kappa shape index (κ2) is 6.80. The zero-order chi connectivity index (χ0) is 15.4. The Labute approximate surface area is 129 Å². The van der Waals surface area contributed by atoms with Gasteiger partial charge in [0.05, 0.1) is 11.3 Å². The molecule has 0 spiro atoms. The van der Waals surface area contributed by atoms with Crippen molar-refractivity contribution < 1.29 is 9.32 Å². The first kappa shape index (κ1) is 15.6. The van der Waals surface area contributed by atoms with Crippen molar-refractivity contribution in [1.29, 1.82) is 0 Å². The minimum absolute atomic E-state index is 0.0550. The number of rotatable bonds is 5. The van der Waals surface area contributed by atoms with E-state index >= 15 is 0 Å². The monoisotopic (exact) mass is 304 g/mol. The van der Waals surface area contributed by atoms with E-state index < -0.39 is 0 Å². The Kier molecular flexibility index (Phi) is 5.07. The SMILES string of the molecule is CCN(C)C(=O)c1ccccc1SCc1c(C)noc1C. The summed E-state index contributed by atoms with van der Waals surface area (Å²) in [6.45, 7) is 6.52. The number of carbonyl (C=O) groups excluding carboxylic acids is 1. The summed E-state index contributed by atoms with van der Waals surface area (Å²) in [5.74, 6) is 1.65. The number of hydrogen-bond acceptors (Lipinski definition) is 4. The topological polar surface area (TPSA) is 46.3 Å². The normalized spacial score (nSPS) is 10.7. The van der Waals surface area contributed by atoms with Crippen LogP contribution in [0.3, 0.4) is 0 Å². The van der Waals surface area contributed by atoms with Crippen LogP contribution in [0, 0.1) is 13.8 Å². The van der Waals surface area contributed by atoms with Gasteiger partial charge in [-0.15, -0.1) is 11.8 Å². The molecule has 0 saturated carbocycles. The number of aryl methyl sites for hydroxylation is 2. The van der Waals surface area contributed by atoms with E-state index in [1.54, 1.807) is 16.7 Å². The Bertz CT molecular complexity index is 617. The molecule has 0 bridgehead atoms. The van der Waals surface area contributed by atoms with Crippen LogP contribution in [-0.4, -0.2) is 29.6 Å². The number of amides is 1. The molecule has 2 rings (SSSR count). The fourth-order valence-electron chi connectivity index (χ4n) is 1.98. The third-order valence-electron chi connectivity index (χ3n) is 3.49. The Morgan fingerprint density at radius 2 is 2.05 bits per heavy atom. The van der Waals surface area contributed by atoms with Gasteiger partial charge in [-0.2, -0.15) is 0 Å². The highest BCUT2D eigenvalue weighted by Crippen LogP contribution is 2.29. The number of nitrogens with zero attached hydrogens (tertiary/aromatic N) is 2. The zero-order valence-electron chi connectivity index (χ0n) is 12.8. The third kappa shape index (κ3) is 3.47. The Morgan fingerprint density at radius 3 is 2.67 bits per heavy atom. The van der Waals surface area contributed by atoms with Crippen molar-refractivity contribution in [1.82, 2.24) is 10.1 Å². The molecule has 0 radical (unpaired) electrons. The summed E-state index contributed by atoms with van der Waals surface area (Å²) in [6, 6.07) is 7.72. The van der Waals surface area contributed by atoms with Crippen LogP contribution in [0.4, 0.5) is 0 Å². The highest BCUT2D eigenvalue weighted by atomic mass is 32.2. The molecule has 0 aliphatic rings. The van der Waals surface area contributed by atoms with Crippen LogP contribution in [0.5, 0.6) is 0 Å². The van der Waals surface area contributed by atoms with Crippen molar-refractivity contribution in [2.75, 3.05) is 13.6 Å². The lowest BCUT2D eigenvalue weighted by Crippen LogP contribution is -2.26. The summed E-state index contributed by atoms with van der Waals surface area (Å²) in [5.41, 5.74) is 2.76. The zero-order valence-corrected chi connectivity index (χ0v) is 13.7. The highest BCUT2D eigenvalue weighted by molar-refractivity contribution is 7.98. The van der Waals surface area contributed by atoms with E-state index in [0.717, 1.165) is 33.2 Å². The van der Waals surface area contributed by atoms with Crippen molar-refractivity contribution in [2.45, 2.75) is 31.4 Å². The molecule has 4 nitrogen and oxygen atoms in total. The lowest BCUT2D eigenvalue weighted by molar-refractivity contribution is 0.0799. The predicted octanol–water partition coefficient (Wildman–Crippen LogP) is 3.68. The van der Waals surface area contributed by atoms with E-state index in [1.807, 2.05) is 52.1 Å². The number of thioether (sulfide) groups is 1. The van der Waals surface area contributed by atoms with Gasteiger partial charge in [0.15, 0.2) is 0 Å². The van der Waals surface area contributed by atoms with Gasteiger partial charge in [0, 0.05) is 29.8 Å². The maximum Gasteiger partial charge on any atom is 0.254 e. The van der Waals surface area contributed by atoms with Crippen LogP contribution in [0.2, 0.25) is 0 Å². The number of benzene rings is 1. The van der Waals surface area contributed by atoms with Crippen molar-refractivity contribution >= 4 is 17.7 Å². The molecule has 0 unspecified atom stereocenters. The molecular weight excluding hydrogens is 284 g/mol. The molecule has 0 aliphatic heterocycles. The van der Waals surface area contributed by atoms with E-state index in [-0.39, 0.29) is 5.91 Å². The second-order valence-electron chi connectivity index (χ2n) is 4.91. The summed E-state index contributed by atoms with van der Waals surface area (Å²) in [7, 11) is 1.82. The number of hydrogen-bond donors (Lipinski definition) is 0. The first-order valence-corrected chi connectivity index (χ1v) is 7.92. The van der Waals surface area contributed by atoms with E-state index in [9.17, 15) is 4.79 Å². The van der Waals surface area contributed by atoms with E-state index in [4.69, 9.17) is 4.52 Å². The average molecular weight is 304 g/mol. The predicted molar refractivity (Wildman–Crippen MR) is 84.6 cm³/mol. The molecule has 112 valence electrons. The van der Waals surface area contributed by atoms with Crippen LogP contribution in [-0.2, 0) is 5.75 Å². The van der Waals surface area contributed by atoms with E-state index in [1.165, 1.54) is 0 Å². The molecule has 0 aliphatic carbocycles. The summed E-state index contributed by atoms with van der Waals surface area (Å²) in [4.78, 5) is 15.1. The first-order valence-electron chi connectivity index (χ1n) is 6.93. The van der Waals surface area contributed by atoms with Gasteiger partial charge in [0.1, 0.15) is 5.76 Å². The lowest BCUT2D eigenvalue weighted by atomic mass is 10.2. The molecule has 2 aromatic rings. The molecule has 0 atom stereocenters. The van der Waals surface area contributed by atoms with Crippen LogP contribution < -0.4 is 0 Å². The van der Waals surface area contributed by atoms with Gasteiger partial charge >= 0.3 is 0 Å². The van der Waals surface area contributed by atoms with Crippen LogP contribution >= 0.6 is 11.8 Å². The molecule has 0 N–H and O–H groups in total. The van der Waals surface area contributed by atoms with Crippen molar-refractivity contribution in [2.24, 2.45) is 0 Å². The summed E-state index contributed by atoms with van der Waals surface area (Å²) < 4.78 is 5.18. The van der Waals surface area contributed by atoms with Gasteiger partial charge in [-0.1, -0.05) is 17.3 Å². The molecular formula is C16H20N2O2S.